The van der Waals surface area contributed by atoms with Crippen molar-refractivity contribution in [3.63, 3.8) is 0 Å². The van der Waals surface area contributed by atoms with Crippen LogP contribution < -0.4 is 0 Å². The Morgan fingerprint density at radius 3 is 2.38 bits per heavy atom. The number of nitriles is 1. The first kappa shape index (κ1) is 14.3. The number of carbonyl (C=O) groups is 1. The molecule has 1 aromatic carbocycles. The van der Waals surface area contributed by atoms with Gasteiger partial charge in [0.2, 0.25) is 0 Å². The van der Waals surface area contributed by atoms with E-state index in [1.807, 2.05) is 6.92 Å². The lowest BCUT2D eigenvalue weighted by molar-refractivity contribution is 0.0905. The molecule has 2 heterocycles. The number of benzene rings is 1. The summed E-state index contributed by atoms with van der Waals surface area (Å²) in [6.07, 6.45) is 2.31. The Hall–Kier alpha value is -1.67. The maximum absolute atomic E-state index is 12.7. The fraction of sp³-hybridized carbons (Fsp3) is 0.500. The number of rotatable bonds is 2. The van der Waals surface area contributed by atoms with Crippen molar-refractivity contribution >= 4 is 15.6 Å². The number of sulfone groups is 1. The molecule has 21 heavy (non-hydrogen) atoms. The molecule has 2 fully saturated rings. The summed E-state index contributed by atoms with van der Waals surface area (Å²) < 4.78 is 24.2. The van der Waals surface area contributed by atoms with Crippen LogP contribution in [0.3, 0.4) is 0 Å². The molecule has 0 saturated carbocycles. The normalized spacial score (nSPS) is 29.8. The van der Waals surface area contributed by atoms with Gasteiger partial charge in [0.05, 0.1) is 22.1 Å². The minimum atomic E-state index is -2.99. The Labute approximate surface area is 124 Å². The van der Waals surface area contributed by atoms with Crippen molar-refractivity contribution in [3.05, 3.63) is 34.9 Å². The van der Waals surface area contributed by atoms with Crippen LogP contribution in [0.2, 0.25) is 0 Å². The van der Waals surface area contributed by atoms with E-state index in [0.717, 1.165) is 5.56 Å². The molecule has 110 valence electrons. The first-order valence-electron chi connectivity index (χ1n) is 7.21. The molecule has 0 amide bonds. The lowest BCUT2D eigenvalue weighted by Gasteiger charge is -2.27. The van der Waals surface area contributed by atoms with E-state index >= 15 is 0 Å². The van der Waals surface area contributed by atoms with E-state index in [0.29, 0.717) is 36.8 Å². The second kappa shape index (κ2) is 4.96. The van der Waals surface area contributed by atoms with Gasteiger partial charge in [0, 0.05) is 11.5 Å². The Balaban J connectivity index is 1.86. The van der Waals surface area contributed by atoms with Crippen LogP contribution in [-0.2, 0) is 9.84 Å². The molecular weight excluding hydrogens is 286 g/mol. The van der Waals surface area contributed by atoms with Crippen LogP contribution >= 0.6 is 0 Å². The minimum Gasteiger partial charge on any atom is -0.294 e. The molecule has 2 aliphatic heterocycles. The number of Topliss-reactive ketones (excluding diaryl/α,β-unsaturated/α-hetero) is 1. The summed E-state index contributed by atoms with van der Waals surface area (Å²) in [6, 6.07) is 7.11. The van der Waals surface area contributed by atoms with Gasteiger partial charge >= 0.3 is 0 Å². The van der Waals surface area contributed by atoms with Crippen LogP contribution in [0.25, 0.3) is 0 Å². The number of fused-ring (bicyclic) bond motifs is 2. The molecule has 0 N–H and O–H groups in total. The third kappa shape index (κ3) is 2.28. The van der Waals surface area contributed by atoms with Crippen molar-refractivity contribution in [2.45, 2.75) is 43.1 Å². The van der Waals surface area contributed by atoms with E-state index in [2.05, 4.69) is 6.07 Å². The number of aryl methyl sites for hydroxylation is 1. The second-order valence-electron chi connectivity index (χ2n) is 6.08. The molecule has 2 aliphatic rings. The van der Waals surface area contributed by atoms with E-state index < -0.39 is 9.84 Å². The summed E-state index contributed by atoms with van der Waals surface area (Å²) in [4.78, 5) is 12.7. The first-order chi connectivity index (χ1) is 9.93. The Kier molecular flexibility index (Phi) is 3.37. The summed E-state index contributed by atoms with van der Waals surface area (Å²) in [6.45, 7) is 1.82. The van der Waals surface area contributed by atoms with E-state index in [1.54, 1.807) is 18.2 Å². The van der Waals surface area contributed by atoms with E-state index in [4.69, 9.17) is 5.26 Å². The van der Waals surface area contributed by atoms with E-state index in [1.165, 1.54) is 0 Å². The molecule has 4 nitrogen and oxygen atoms in total. The Morgan fingerprint density at radius 2 is 1.86 bits per heavy atom. The standard InChI is InChI=1S/C16H17NO3S/c1-10-6-11(9-17)2-5-15(10)16(18)12-7-13-3-4-14(8-12)21(13,19)20/h2,5-6,12-14H,3-4,7-8H2,1H3. The average Bonchev–Trinajstić information content (AvgIpc) is 2.66. The van der Waals surface area contributed by atoms with Crippen molar-refractivity contribution < 1.29 is 13.2 Å². The van der Waals surface area contributed by atoms with Crippen LogP contribution in [0, 0.1) is 24.2 Å². The molecule has 1 aromatic rings. The zero-order valence-corrected chi connectivity index (χ0v) is 12.7. The predicted molar refractivity (Wildman–Crippen MR) is 78.7 cm³/mol. The van der Waals surface area contributed by atoms with Gasteiger partial charge in [-0.2, -0.15) is 5.26 Å². The molecule has 2 unspecified atom stereocenters. The van der Waals surface area contributed by atoms with Crippen LogP contribution in [0.1, 0.15) is 47.2 Å². The number of hydrogen-bond donors (Lipinski definition) is 0. The number of ketones is 1. The third-order valence-corrected chi connectivity index (χ3v) is 7.54. The van der Waals surface area contributed by atoms with Crippen LogP contribution in [0.15, 0.2) is 18.2 Å². The van der Waals surface area contributed by atoms with Crippen molar-refractivity contribution in [1.82, 2.24) is 0 Å². The number of carbonyl (C=O) groups excluding carboxylic acids is 1. The van der Waals surface area contributed by atoms with Gasteiger partial charge in [0.25, 0.3) is 0 Å². The zero-order valence-electron chi connectivity index (χ0n) is 11.9. The molecule has 2 bridgehead atoms. The summed E-state index contributed by atoms with van der Waals surface area (Å²) in [5.41, 5.74) is 1.95. The zero-order chi connectivity index (χ0) is 15.2. The lowest BCUT2D eigenvalue weighted by Crippen LogP contribution is -2.36. The number of hydrogen-bond acceptors (Lipinski definition) is 4. The summed E-state index contributed by atoms with van der Waals surface area (Å²) >= 11 is 0. The fourth-order valence-electron chi connectivity index (χ4n) is 3.65. The minimum absolute atomic E-state index is 0.0313. The second-order valence-corrected chi connectivity index (χ2v) is 8.60. The highest BCUT2D eigenvalue weighted by Gasteiger charge is 2.48. The first-order valence-corrected chi connectivity index (χ1v) is 8.82. The molecule has 0 radical (unpaired) electrons. The third-order valence-electron chi connectivity index (χ3n) is 4.83. The van der Waals surface area contributed by atoms with Crippen molar-refractivity contribution in [1.29, 1.82) is 5.26 Å². The van der Waals surface area contributed by atoms with Crippen LogP contribution in [0.5, 0.6) is 0 Å². The highest BCUT2D eigenvalue weighted by molar-refractivity contribution is 7.93. The molecule has 0 spiro atoms. The highest BCUT2D eigenvalue weighted by Crippen LogP contribution is 2.42. The molecule has 2 atom stereocenters. The number of nitrogens with zero attached hydrogens (tertiary/aromatic N) is 1. The van der Waals surface area contributed by atoms with Gasteiger partial charge in [-0.05, 0) is 56.4 Å². The summed E-state index contributed by atoms with van der Waals surface area (Å²) in [5.74, 6) is -0.165. The molecule has 5 heteroatoms. The van der Waals surface area contributed by atoms with Gasteiger partial charge in [-0.1, -0.05) is 0 Å². The van der Waals surface area contributed by atoms with Crippen molar-refractivity contribution in [3.8, 4) is 6.07 Å². The molecule has 0 aromatic heterocycles. The monoisotopic (exact) mass is 303 g/mol. The smallest absolute Gasteiger partial charge is 0.166 e. The molecular formula is C16H17NO3S. The maximum Gasteiger partial charge on any atom is 0.166 e. The lowest BCUT2D eigenvalue weighted by atomic mass is 9.88. The van der Waals surface area contributed by atoms with Gasteiger partial charge in [-0.3, -0.25) is 4.79 Å². The van der Waals surface area contributed by atoms with Gasteiger partial charge in [-0.25, -0.2) is 8.42 Å². The predicted octanol–water partition coefficient (Wildman–Crippen LogP) is 2.41. The van der Waals surface area contributed by atoms with Gasteiger partial charge in [-0.15, -0.1) is 0 Å². The molecule has 0 aliphatic carbocycles. The van der Waals surface area contributed by atoms with Gasteiger partial charge in [0.1, 0.15) is 0 Å². The average molecular weight is 303 g/mol. The van der Waals surface area contributed by atoms with E-state index in [-0.39, 0.29) is 22.2 Å². The van der Waals surface area contributed by atoms with Crippen molar-refractivity contribution in [2.75, 3.05) is 0 Å². The largest absolute Gasteiger partial charge is 0.294 e. The molecule has 2 saturated heterocycles. The topological polar surface area (TPSA) is 75.0 Å². The van der Waals surface area contributed by atoms with Gasteiger partial charge in [0.15, 0.2) is 15.6 Å². The highest BCUT2D eigenvalue weighted by atomic mass is 32.2. The molecule has 3 rings (SSSR count). The Bertz CT molecular complexity index is 725. The van der Waals surface area contributed by atoms with Crippen LogP contribution in [0.4, 0.5) is 0 Å². The fourth-order valence-corrected chi connectivity index (χ4v) is 6.13. The van der Waals surface area contributed by atoms with Crippen LogP contribution in [-0.4, -0.2) is 24.7 Å². The summed E-state index contributed by atoms with van der Waals surface area (Å²) in [7, 11) is -2.99. The maximum atomic E-state index is 12.7. The van der Waals surface area contributed by atoms with Gasteiger partial charge < -0.3 is 0 Å². The van der Waals surface area contributed by atoms with E-state index in [9.17, 15) is 13.2 Å². The van der Waals surface area contributed by atoms with Crippen molar-refractivity contribution in [2.24, 2.45) is 5.92 Å². The Morgan fingerprint density at radius 1 is 1.24 bits per heavy atom. The SMILES string of the molecule is Cc1cc(C#N)ccc1C(=O)C1CC2CCC(C1)S2(=O)=O. The summed E-state index contributed by atoms with van der Waals surface area (Å²) in [5, 5.41) is 8.21. The quantitative estimate of drug-likeness (QED) is 0.786.